The van der Waals surface area contributed by atoms with E-state index in [4.69, 9.17) is 4.74 Å². The molecule has 0 unspecified atom stereocenters. The second-order valence-electron chi connectivity index (χ2n) is 5.03. The Hall–Kier alpha value is -2.02. The number of fused-ring (bicyclic) bond motifs is 1. The molecule has 2 atom stereocenters. The third-order valence-electron chi connectivity index (χ3n) is 3.46. The zero-order chi connectivity index (χ0) is 16.6. The molecule has 7 heteroatoms. The van der Waals surface area contributed by atoms with Crippen molar-refractivity contribution in [2.45, 2.75) is 10.1 Å². The van der Waals surface area contributed by atoms with Crippen LogP contribution in [0.3, 0.4) is 0 Å². The summed E-state index contributed by atoms with van der Waals surface area (Å²) in [6, 6.07) is 4.72. The van der Waals surface area contributed by atoms with Gasteiger partial charge in [0, 0.05) is 16.5 Å². The lowest BCUT2D eigenvalue weighted by molar-refractivity contribution is -0.112. The van der Waals surface area contributed by atoms with Crippen molar-refractivity contribution in [1.82, 2.24) is 0 Å². The van der Waals surface area contributed by atoms with Crippen LogP contribution in [0.25, 0.3) is 0 Å². The number of aldehydes is 1. The van der Waals surface area contributed by atoms with E-state index in [0.29, 0.717) is 12.4 Å². The van der Waals surface area contributed by atoms with Gasteiger partial charge in [0.1, 0.15) is 23.7 Å². The lowest BCUT2D eigenvalue weighted by Gasteiger charge is -2.30. The quantitative estimate of drug-likeness (QED) is 0.615. The van der Waals surface area contributed by atoms with Crippen molar-refractivity contribution in [1.29, 1.82) is 0 Å². The van der Waals surface area contributed by atoms with Crippen LogP contribution >= 0.6 is 11.8 Å². The fourth-order valence-corrected chi connectivity index (χ4v) is 3.75. The van der Waals surface area contributed by atoms with Crippen molar-refractivity contribution < 1.29 is 27.1 Å². The summed E-state index contributed by atoms with van der Waals surface area (Å²) in [5.74, 6) is -4.10. The lowest BCUT2D eigenvalue weighted by atomic mass is 9.96. The third-order valence-corrected chi connectivity index (χ3v) is 4.81. The first-order chi connectivity index (χ1) is 11.0. The summed E-state index contributed by atoms with van der Waals surface area (Å²) >= 11 is 0.893. The zero-order valence-electron chi connectivity index (χ0n) is 11.6. The average Bonchev–Trinajstić information content (AvgIpc) is 2.50. The molecular weight excluding hydrogens is 332 g/mol. The lowest BCUT2D eigenvalue weighted by Crippen LogP contribution is -2.27. The minimum atomic E-state index is -0.840. The van der Waals surface area contributed by atoms with Gasteiger partial charge in [-0.05, 0) is 24.3 Å². The fourth-order valence-electron chi connectivity index (χ4n) is 2.44. The van der Waals surface area contributed by atoms with Gasteiger partial charge in [0.15, 0.2) is 11.6 Å². The molecule has 0 aliphatic carbocycles. The summed E-state index contributed by atoms with van der Waals surface area (Å²) in [7, 11) is 0. The van der Waals surface area contributed by atoms with E-state index in [1.54, 1.807) is 0 Å². The van der Waals surface area contributed by atoms with Crippen LogP contribution in [-0.4, -0.2) is 12.9 Å². The molecule has 0 spiro atoms. The van der Waals surface area contributed by atoms with Crippen LogP contribution < -0.4 is 4.74 Å². The predicted octanol–water partition coefficient (Wildman–Crippen LogP) is 4.28. The normalized spacial score (nSPS) is 19.8. The zero-order valence-corrected chi connectivity index (χ0v) is 12.4. The minimum absolute atomic E-state index is 0.108. The molecule has 120 valence electrons. The van der Waals surface area contributed by atoms with Crippen LogP contribution in [0.4, 0.5) is 17.6 Å². The van der Waals surface area contributed by atoms with E-state index in [9.17, 15) is 22.4 Å². The third kappa shape index (κ3) is 3.06. The van der Waals surface area contributed by atoms with Gasteiger partial charge in [-0.25, -0.2) is 17.6 Å². The second kappa shape index (κ2) is 6.23. The number of carbonyl (C=O) groups is 1. The summed E-state index contributed by atoms with van der Waals surface area (Å²) < 4.78 is 59.7. The van der Waals surface area contributed by atoms with E-state index in [-0.39, 0.29) is 22.8 Å². The maximum absolute atomic E-state index is 14.1. The van der Waals surface area contributed by atoms with Gasteiger partial charge in [0.05, 0.1) is 17.8 Å². The van der Waals surface area contributed by atoms with E-state index >= 15 is 0 Å². The summed E-state index contributed by atoms with van der Waals surface area (Å²) in [6.07, 6.45) is 0.570. The molecule has 0 bridgehead atoms. The molecule has 1 heterocycles. The molecule has 2 aromatic carbocycles. The van der Waals surface area contributed by atoms with Gasteiger partial charge in [-0.2, -0.15) is 0 Å². The highest BCUT2D eigenvalue weighted by atomic mass is 32.2. The van der Waals surface area contributed by atoms with Crippen molar-refractivity contribution in [2.75, 3.05) is 6.61 Å². The van der Waals surface area contributed by atoms with Gasteiger partial charge >= 0.3 is 0 Å². The highest BCUT2D eigenvalue weighted by Gasteiger charge is 2.36. The Balaban J connectivity index is 2.06. The van der Waals surface area contributed by atoms with Crippen molar-refractivity contribution in [2.24, 2.45) is 5.92 Å². The number of carbonyl (C=O) groups excluding carboxylic acids is 1. The fraction of sp³-hybridized carbons (Fsp3) is 0.188. The molecular formula is C16H10F4O2S. The Bertz CT molecular complexity index is 746. The van der Waals surface area contributed by atoms with Crippen molar-refractivity contribution in [3.63, 3.8) is 0 Å². The first-order valence-electron chi connectivity index (χ1n) is 6.68. The van der Waals surface area contributed by atoms with Gasteiger partial charge in [-0.3, -0.25) is 0 Å². The smallest absolute Gasteiger partial charge is 0.165 e. The first kappa shape index (κ1) is 15.9. The molecule has 2 aromatic rings. The summed E-state index contributed by atoms with van der Waals surface area (Å²) in [6.45, 7) is -0.133. The van der Waals surface area contributed by atoms with Crippen LogP contribution in [0.2, 0.25) is 0 Å². The highest BCUT2D eigenvalue weighted by Crippen LogP contribution is 2.48. The molecule has 1 aliphatic rings. The molecule has 2 nitrogen and oxygen atoms in total. The van der Waals surface area contributed by atoms with Gasteiger partial charge in [0.2, 0.25) is 0 Å². The molecule has 0 saturated carbocycles. The van der Waals surface area contributed by atoms with Crippen LogP contribution in [0.5, 0.6) is 5.75 Å². The second-order valence-corrected chi connectivity index (χ2v) is 6.24. The van der Waals surface area contributed by atoms with Crippen LogP contribution in [0, 0.1) is 29.2 Å². The topological polar surface area (TPSA) is 26.3 Å². The Labute approximate surface area is 133 Å². The predicted molar refractivity (Wildman–Crippen MR) is 76.4 cm³/mol. The van der Waals surface area contributed by atoms with Crippen LogP contribution in [-0.2, 0) is 4.79 Å². The maximum Gasteiger partial charge on any atom is 0.165 e. The van der Waals surface area contributed by atoms with E-state index in [1.807, 2.05) is 0 Å². The summed E-state index contributed by atoms with van der Waals surface area (Å²) in [5, 5.41) is -0.840. The molecule has 0 amide bonds. The summed E-state index contributed by atoms with van der Waals surface area (Å²) in [4.78, 5) is 11.4. The Morgan fingerprint density at radius 2 is 1.70 bits per heavy atom. The standard InChI is InChI=1S/C16H10F4O2S/c17-9-3-10(18)5-11(4-9)23-16-8(6-21)7-22-15-13(20)2-1-12(19)14(15)16/h1-6,8,16H,7H2/t8-,16+/m1/s1. The molecule has 0 N–H and O–H groups in total. The largest absolute Gasteiger partial charge is 0.489 e. The highest BCUT2D eigenvalue weighted by molar-refractivity contribution is 7.99. The minimum Gasteiger partial charge on any atom is -0.489 e. The van der Waals surface area contributed by atoms with E-state index in [2.05, 4.69) is 0 Å². The van der Waals surface area contributed by atoms with Gasteiger partial charge in [0.25, 0.3) is 0 Å². The van der Waals surface area contributed by atoms with Gasteiger partial charge in [-0.1, -0.05) is 0 Å². The molecule has 0 radical (unpaired) electrons. The summed E-state index contributed by atoms with van der Waals surface area (Å²) in [5.41, 5.74) is -0.108. The Morgan fingerprint density at radius 3 is 2.35 bits per heavy atom. The number of benzene rings is 2. The first-order valence-corrected chi connectivity index (χ1v) is 7.56. The van der Waals surface area contributed by atoms with Gasteiger partial charge in [-0.15, -0.1) is 11.8 Å². The number of hydrogen-bond acceptors (Lipinski definition) is 3. The van der Waals surface area contributed by atoms with Crippen molar-refractivity contribution in [3.8, 4) is 5.75 Å². The van der Waals surface area contributed by atoms with Crippen LogP contribution in [0.1, 0.15) is 10.8 Å². The molecule has 0 saturated heterocycles. The molecule has 23 heavy (non-hydrogen) atoms. The van der Waals surface area contributed by atoms with Crippen molar-refractivity contribution in [3.05, 3.63) is 59.2 Å². The van der Waals surface area contributed by atoms with E-state index in [1.165, 1.54) is 0 Å². The van der Waals surface area contributed by atoms with E-state index in [0.717, 1.165) is 36.0 Å². The van der Waals surface area contributed by atoms with Crippen LogP contribution in [0.15, 0.2) is 35.2 Å². The number of rotatable bonds is 3. The molecule has 3 rings (SSSR count). The maximum atomic E-state index is 14.1. The number of halogens is 4. The van der Waals surface area contributed by atoms with Crippen molar-refractivity contribution >= 4 is 18.0 Å². The Morgan fingerprint density at radius 1 is 1.04 bits per heavy atom. The Kier molecular flexibility index (Phi) is 4.30. The monoisotopic (exact) mass is 342 g/mol. The molecule has 1 aliphatic heterocycles. The van der Waals surface area contributed by atoms with E-state index < -0.39 is 34.4 Å². The molecule has 0 fully saturated rings. The number of ether oxygens (including phenoxy) is 1. The number of hydrogen-bond donors (Lipinski definition) is 0. The molecule has 0 aromatic heterocycles. The SMILES string of the molecule is O=C[C@@H]1COc2c(F)ccc(F)c2[C@H]1Sc1cc(F)cc(F)c1. The number of thioether (sulfide) groups is 1. The average molecular weight is 342 g/mol. The van der Waals surface area contributed by atoms with Gasteiger partial charge < -0.3 is 9.53 Å².